The summed E-state index contributed by atoms with van der Waals surface area (Å²) in [5.74, 6) is -0.441. The van der Waals surface area contributed by atoms with Gasteiger partial charge < -0.3 is 19.8 Å². The molecule has 2 aliphatic heterocycles. The Morgan fingerprint density at radius 2 is 1.90 bits per heavy atom. The van der Waals surface area contributed by atoms with Gasteiger partial charge in [-0.3, -0.25) is 4.79 Å². The van der Waals surface area contributed by atoms with Gasteiger partial charge in [-0.15, -0.1) is 0 Å². The normalized spacial score (nSPS) is 28.4. The summed E-state index contributed by atoms with van der Waals surface area (Å²) in [5, 5.41) is 21.8. The van der Waals surface area contributed by atoms with Crippen LogP contribution in [0.1, 0.15) is 53.6 Å². The van der Waals surface area contributed by atoms with Crippen LogP contribution in [0.3, 0.4) is 0 Å². The Balaban J connectivity index is 1.52. The lowest BCUT2D eigenvalue weighted by molar-refractivity contribution is 0.0180. The van der Waals surface area contributed by atoms with E-state index in [4.69, 9.17) is 16.3 Å². The van der Waals surface area contributed by atoms with E-state index in [2.05, 4.69) is 9.62 Å². The first kappa shape index (κ1) is 28.0. The largest absolute Gasteiger partial charge is 0.487 e. The number of fused-ring (bicyclic) bond motifs is 3. The van der Waals surface area contributed by atoms with E-state index in [1.807, 2.05) is 18.2 Å². The van der Waals surface area contributed by atoms with Crippen LogP contribution in [0, 0.1) is 11.8 Å². The number of carbonyl (C=O) groups excluding carboxylic acids is 1. The summed E-state index contributed by atoms with van der Waals surface area (Å²) in [4.78, 5) is 15.2. The third-order valence-corrected chi connectivity index (χ3v) is 9.55. The fraction of sp³-hybridized carbons (Fsp3) is 0.483. The van der Waals surface area contributed by atoms with Crippen LogP contribution in [0.5, 0.6) is 5.75 Å². The van der Waals surface area contributed by atoms with Crippen LogP contribution < -0.4 is 14.4 Å². The third-order valence-electron chi connectivity index (χ3n) is 8.04. The van der Waals surface area contributed by atoms with Crippen LogP contribution >= 0.6 is 11.6 Å². The van der Waals surface area contributed by atoms with Crippen LogP contribution in [0.4, 0.5) is 5.69 Å². The monoisotopic (exact) mass is 574 g/mol. The Bertz CT molecular complexity index is 1350. The van der Waals surface area contributed by atoms with Crippen molar-refractivity contribution in [2.24, 2.45) is 11.8 Å². The number of nitrogens with zero attached hydrogens (tertiary/aromatic N) is 1. The van der Waals surface area contributed by atoms with Gasteiger partial charge in [0.05, 0.1) is 23.6 Å². The highest BCUT2D eigenvalue weighted by Crippen LogP contribution is 2.41. The predicted molar refractivity (Wildman–Crippen MR) is 151 cm³/mol. The molecule has 0 saturated heterocycles. The molecule has 1 fully saturated rings. The van der Waals surface area contributed by atoms with Gasteiger partial charge in [0.1, 0.15) is 12.4 Å². The summed E-state index contributed by atoms with van der Waals surface area (Å²) in [5.41, 5.74) is 3.12. The number of rotatable bonds is 0. The highest BCUT2D eigenvalue weighted by atomic mass is 35.5. The molecule has 3 aliphatic rings. The molecule has 0 radical (unpaired) electrons. The Morgan fingerprint density at radius 1 is 1.05 bits per heavy atom. The van der Waals surface area contributed by atoms with Crippen molar-refractivity contribution in [2.45, 2.75) is 57.3 Å². The Hall–Kier alpha value is -2.59. The summed E-state index contributed by atoms with van der Waals surface area (Å²) >= 11 is 6.27. The number of benzene rings is 2. The first-order valence-corrected chi connectivity index (χ1v) is 15.6. The van der Waals surface area contributed by atoms with Gasteiger partial charge in [0, 0.05) is 23.7 Å². The van der Waals surface area contributed by atoms with E-state index < -0.39 is 33.9 Å². The van der Waals surface area contributed by atoms with Crippen LogP contribution in [0.2, 0.25) is 5.02 Å². The van der Waals surface area contributed by atoms with E-state index in [0.29, 0.717) is 30.3 Å². The fourth-order valence-corrected chi connectivity index (χ4v) is 7.00. The Labute approximate surface area is 234 Å². The van der Waals surface area contributed by atoms with Crippen molar-refractivity contribution < 1.29 is 28.2 Å². The van der Waals surface area contributed by atoms with E-state index in [0.717, 1.165) is 55.5 Å². The number of hydrogen-bond donors (Lipinski definition) is 3. The molecule has 4 atom stereocenters. The second-order valence-corrected chi connectivity index (χ2v) is 13.0. The second-order valence-electron chi connectivity index (χ2n) is 10.8. The second kappa shape index (κ2) is 11.9. The molecule has 1 saturated carbocycles. The molecular formula is C29H35ClN2O6S. The third kappa shape index (κ3) is 6.77. The van der Waals surface area contributed by atoms with Gasteiger partial charge in [-0.25, -0.2) is 13.1 Å². The number of anilines is 1. The number of aliphatic hydroxyl groups excluding tert-OH is 2. The van der Waals surface area contributed by atoms with E-state index in [1.54, 1.807) is 24.3 Å². The SMILES string of the molecule is O=C1NS(=O)(=O)C[C@@H](O)/C=C/C[C@H](O)[C@@H]2CC[C@H]2CN2CCCCc3cc(Cl)ccc3COc3ccc1cc32. The van der Waals surface area contributed by atoms with Crippen molar-refractivity contribution in [3.05, 3.63) is 70.3 Å². The number of amides is 1. The number of ether oxygens (including phenoxy) is 1. The summed E-state index contributed by atoms with van der Waals surface area (Å²) in [6.07, 6.45) is 6.07. The van der Waals surface area contributed by atoms with Gasteiger partial charge >= 0.3 is 0 Å². The van der Waals surface area contributed by atoms with Crippen LogP contribution in [0.25, 0.3) is 0 Å². The first-order chi connectivity index (χ1) is 18.7. The van der Waals surface area contributed by atoms with Gasteiger partial charge in [0.2, 0.25) is 10.0 Å². The summed E-state index contributed by atoms with van der Waals surface area (Å²) in [6.45, 7) is 1.75. The highest BCUT2D eigenvalue weighted by Gasteiger charge is 2.37. The number of nitrogens with one attached hydrogen (secondary N) is 1. The molecule has 2 bridgehead atoms. The minimum atomic E-state index is -4.10. The minimum absolute atomic E-state index is 0.101. The molecule has 1 amide bonds. The van der Waals surface area contributed by atoms with E-state index >= 15 is 0 Å². The molecule has 2 aromatic carbocycles. The lowest BCUT2D eigenvalue weighted by Gasteiger charge is -2.43. The molecule has 39 heavy (non-hydrogen) atoms. The van der Waals surface area contributed by atoms with Crippen molar-refractivity contribution in [3.63, 3.8) is 0 Å². The summed E-state index contributed by atoms with van der Waals surface area (Å²) < 4.78 is 33.6. The Kier molecular flexibility index (Phi) is 8.52. The van der Waals surface area contributed by atoms with Gasteiger partial charge in [-0.2, -0.15) is 0 Å². The molecular weight excluding hydrogens is 540 g/mol. The van der Waals surface area contributed by atoms with Crippen molar-refractivity contribution in [2.75, 3.05) is 23.7 Å². The minimum Gasteiger partial charge on any atom is -0.487 e. The zero-order valence-electron chi connectivity index (χ0n) is 21.8. The molecule has 3 N–H and O–H groups in total. The number of sulfonamides is 1. The standard InChI is InChI=1S/C29H35ClN2O6S/c30-23-10-7-22-17-38-28-12-9-20-15-26(28)32(13-2-1-4-19(22)14-23)16-21-8-11-25(21)27(34)6-3-5-24(33)18-39(36,37)31-29(20)35/h3,5,7,9-10,12,14-15,21,24-25,27,33-34H,1-2,4,6,8,11,13,16-18H2,(H,31,35)/b5-3+/t21-,24-,25+,27-/m0/s1. The van der Waals surface area contributed by atoms with Gasteiger partial charge in [-0.05, 0) is 91.8 Å². The first-order valence-electron chi connectivity index (χ1n) is 13.6. The number of hydrogen-bond acceptors (Lipinski definition) is 7. The number of aliphatic hydroxyl groups is 2. The highest BCUT2D eigenvalue weighted by molar-refractivity contribution is 7.90. The number of halogens is 1. The Morgan fingerprint density at radius 3 is 2.69 bits per heavy atom. The molecule has 210 valence electrons. The van der Waals surface area contributed by atoms with E-state index in [1.165, 1.54) is 6.08 Å². The van der Waals surface area contributed by atoms with Gasteiger partial charge in [0.25, 0.3) is 5.91 Å². The lowest BCUT2D eigenvalue weighted by atomic mass is 9.69. The molecule has 2 heterocycles. The van der Waals surface area contributed by atoms with Gasteiger partial charge in [-0.1, -0.05) is 29.8 Å². The average molecular weight is 575 g/mol. The zero-order valence-corrected chi connectivity index (χ0v) is 23.3. The molecule has 1 aliphatic carbocycles. The average Bonchev–Trinajstić information content (AvgIpc) is 2.88. The fourth-order valence-electron chi connectivity index (χ4n) is 5.76. The maximum absolute atomic E-state index is 13.0. The molecule has 0 unspecified atom stereocenters. The molecule has 8 nitrogen and oxygen atoms in total. The molecule has 5 rings (SSSR count). The van der Waals surface area contributed by atoms with Crippen LogP contribution in [0.15, 0.2) is 48.6 Å². The lowest BCUT2D eigenvalue weighted by Crippen LogP contribution is -2.43. The molecule has 2 aromatic rings. The van der Waals surface area contributed by atoms with E-state index in [-0.39, 0.29) is 17.4 Å². The molecule has 0 aromatic heterocycles. The maximum Gasteiger partial charge on any atom is 0.264 e. The number of aryl methyl sites for hydroxylation is 1. The number of carbonyl (C=O) groups is 1. The van der Waals surface area contributed by atoms with Crippen molar-refractivity contribution in [1.29, 1.82) is 0 Å². The summed E-state index contributed by atoms with van der Waals surface area (Å²) in [7, 11) is -4.10. The van der Waals surface area contributed by atoms with Gasteiger partial charge in [0.15, 0.2) is 0 Å². The van der Waals surface area contributed by atoms with Crippen LogP contribution in [-0.2, 0) is 23.1 Å². The topological polar surface area (TPSA) is 116 Å². The van der Waals surface area contributed by atoms with Crippen molar-refractivity contribution in [1.82, 2.24) is 4.72 Å². The maximum atomic E-state index is 13.0. The van der Waals surface area contributed by atoms with Crippen molar-refractivity contribution in [3.8, 4) is 5.75 Å². The zero-order chi connectivity index (χ0) is 27.6. The molecule has 10 heteroatoms. The van der Waals surface area contributed by atoms with Crippen molar-refractivity contribution >= 4 is 33.2 Å². The summed E-state index contributed by atoms with van der Waals surface area (Å²) in [6, 6.07) is 10.8. The predicted octanol–water partition coefficient (Wildman–Crippen LogP) is 3.83. The smallest absolute Gasteiger partial charge is 0.264 e. The van der Waals surface area contributed by atoms with E-state index in [9.17, 15) is 23.4 Å². The van der Waals surface area contributed by atoms with Crippen LogP contribution in [-0.4, -0.2) is 55.6 Å². The quantitative estimate of drug-likeness (QED) is 0.410. The molecule has 0 spiro atoms.